The van der Waals surface area contributed by atoms with Gasteiger partial charge in [-0.25, -0.2) is 4.79 Å². The number of fused-ring (bicyclic) bond motifs is 3. The van der Waals surface area contributed by atoms with Crippen molar-refractivity contribution in [3.05, 3.63) is 24.4 Å². The quantitative estimate of drug-likeness (QED) is 0.677. The van der Waals surface area contributed by atoms with Crippen molar-refractivity contribution < 1.29 is 28.9 Å². The number of aliphatic carboxylic acids is 1. The lowest BCUT2D eigenvalue weighted by atomic mass is 9.76. The van der Waals surface area contributed by atoms with E-state index in [4.69, 9.17) is 14.2 Å². The van der Waals surface area contributed by atoms with Gasteiger partial charge in [0.05, 0.1) is 37.0 Å². The number of nitrogens with zero attached hydrogens (tertiary/aromatic N) is 2. The number of carboxylic acids is 1. The van der Waals surface area contributed by atoms with Crippen LogP contribution >= 0.6 is 0 Å². The van der Waals surface area contributed by atoms with Gasteiger partial charge >= 0.3 is 12.1 Å². The molecule has 1 saturated carbocycles. The smallest absolute Gasteiger partial charge is 0.407 e. The Morgan fingerprint density at radius 1 is 1.29 bits per heavy atom. The molecule has 3 atom stereocenters. The van der Waals surface area contributed by atoms with Crippen molar-refractivity contribution in [3.63, 3.8) is 0 Å². The number of aromatic nitrogens is 1. The molecule has 2 aliphatic rings. The van der Waals surface area contributed by atoms with Crippen molar-refractivity contribution >= 4 is 28.7 Å². The number of hydrogen-bond donors (Lipinski definition) is 2. The largest absolute Gasteiger partial charge is 0.497 e. The van der Waals surface area contributed by atoms with Crippen LogP contribution in [0.4, 0.5) is 10.5 Å². The maximum absolute atomic E-state index is 12.2. The van der Waals surface area contributed by atoms with Crippen molar-refractivity contribution in [3.8, 4) is 11.5 Å². The summed E-state index contributed by atoms with van der Waals surface area (Å²) in [6.07, 6.45) is 3.00. The lowest BCUT2D eigenvalue weighted by molar-refractivity contribution is -0.145. The molecule has 9 heteroatoms. The molecule has 0 bridgehead atoms. The number of pyridine rings is 1. The average molecular weight is 472 g/mol. The maximum atomic E-state index is 12.2. The number of benzene rings is 1. The van der Waals surface area contributed by atoms with Crippen LogP contribution in [0.2, 0.25) is 0 Å². The lowest BCUT2D eigenvalue weighted by Gasteiger charge is -2.39. The fourth-order valence-electron chi connectivity index (χ4n) is 4.90. The monoisotopic (exact) mass is 471 g/mol. The van der Waals surface area contributed by atoms with Gasteiger partial charge in [-0.3, -0.25) is 9.78 Å². The minimum Gasteiger partial charge on any atom is -0.497 e. The zero-order valence-electron chi connectivity index (χ0n) is 20.2. The topological polar surface area (TPSA) is 110 Å². The fraction of sp³-hybridized carbons (Fsp3) is 0.560. The number of amides is 1. The standard InChI is InChI=1S/C25H33N3O6/c1-25(2,3)34-24(31)27-16-6-5-15(18(11-16)23(29)30)14-28-9-10-33-21-13-26-20-8-7-17(32-4)12-19(20)22(21)28/h7-8,12-13,15-16,18H,5-6,9-11,14H2,1-4H3,(H,27,31)(H,29,30)/t15-,16+,18-/m1/s1. The number of carbonyl (C=O) groups excluding carboxylic acids is 1. The number of nitrogens with one attached hydrogen (secondary N) is 1. The first-order chi connectivity index (χ1) is 16.1. The highest BCUT2D eigenvalue weighted by Gasteiger charge is 2.38. The second-order valence-electron chi connectivity index (χ2n) is 10.0. The molecule has 1 fully saturated rings. The molecule has 0 radical (unpaired) electrons. The predicted octanol–water partition coefficient (Wildman–Crippen LogP) is 3.84. The first-order valence-electron chi connectivity index (χ1n) is 11.7. The first kappa shape index (κ1) is 23.9. The van der Waals surface area contributed by atoms with Gasteiger partial charge in [-0.05, 0) is 64.2 Å². The van der Waals surface area contributed by atoms with Crippen molar-refractivity contribution in [2.45, 2.75) is 51.7 Å². The summed E-state index contributed by atoms with van der Waals surface area (Å²) in [6, 6.07) is 5.50. The van der Waals surface area contributed by atoms with E-state index >= 15 is 0 Å². The van der Waals surface area contributed by atoms with Crippen molar-refractivity contribution in [2.75, 3.05) is 31.7 Å². The molecule has 1 aliphatic carbocycles. The summed E-state index contributed by atoms with van der Waals surface area (Å²) in [7, 11) is 1.62. The van der Waals surface area contributed by atoms with Crippen LogP contribution in [0.5, 0.6) is 11.5 Å². The van der Waals surface area contributed by atoms with E-state index in [0.29, 0.717) is 44.7 Å². The Morgan fingerprint density at radius 3 is 2.79 bits per heavy atom. The summed E-state index contributed by atoms with van der Waals surface area (Å²) in [5.74, 6) is -0.0449. The molecule has 1 aliphatic heterocycles. The Labute approximate surface area is 199 Å². The molecule has 1 aromatic heterocycles. The van der Waals surface area contributed by atoms with E-state index in [-0.39, 0.29) is 12.0 Å². The molecule has 34 heavy (non-hydrogen) atoms. The molecule has 0 saturated heterocycles. The van der Waals surface area contributed by atoms with Crippen LogP contribution in [0, 0.1) is 11.8 Å². The van der Waals surface area contributed by atoms with E-state index in [0.717, 1.165) is 22.3 Å². The van der Waals surface area contributed by atoms with E-state index in [1.165, 1.54) is 0 Å². The van der Waals surface area contributed by atoms with E-state index in [9.17, 15) is 14.7 Å². The fourth-order valence-corrected chi connectivity index (χ4v) is 4.90. The van der Waals surface area contributed by atoms with E-state index < -0.39 is 23.6 Å². The van der Waals surface area contributed by atoms with E-state index in [2.05, 4.69) is 15.2 Å². The molecule has 2 aromatic rings. The van der Waals surface area contributed by atoms with Gasteiger partial charge in [-0.1, -0.05) is 0 Å². The molecule has 184 valence electrons. The number of hydrogen-bond acceptors (Lipinski definition) is 7. The number of carboxylic acid groups (broad SMARTS) is 1. The average Bonchev–Trinajstić information content (AvgIpc) is 2.78. The van der Waals surface area contributed by atoms with Crippen molar-refractivity contribution in [1.29, 1.82) is 0 Å². The van der Waals surface area contributed by atoms with E-state index in [1.54, 1.807) is 34.1 Å². The number of rotatable bonds is 5. The summed E-state index contributed by atoms with van der Waals surface area (Å²) >= 11 is 0. The third kappa shape index (κ3) is 5.29. The normalized spacial score (nSPS) is 22.5. The van der Waals surface area contributed by atoms with Gasteiger partial charge in [0.1, 0.15) is 18.0 Å². The van der Waals surface area contributed by atoms with Crippen LogP contribution in [0.15, 0.2) is 24.4 Å². The number of methoxy groups -OCH3 is 1. The van der Waals surface area contributed by atoms with Crippen LogP contribution in [0.3, 0.4) is 0 Å². The Hall–Kier alpha value is -3.23. The van der Waals surface area contributed by atoms with Gasteiger partial charge in [0.2, 0.25) is 0 Å². The minimum absolute atomic E-state index is 0.0611. The van der Waals surface area contributed by atoms with Gasteiger partial charge in [0.25, 0.3) is 0 Å². The Kier molecular flexibility index (Phi) is 6.72. The second-order valence-corrected chi connectivity index (χ2v) is 10.0. The third-order valence-electron chi connectivity index (χ3n) is 6.43. The van der Waals surface area contributed by atoms with Crippen LogP contribution < -0.4 is 19.7 Å². The molecule has 0 unspecified atom stereocenters. The Balaban J connectivity index is 1.53. The summed E-state index contributed by atoms with van der Waals surface area (Å²) in [5, 5.41) is 13.8. The van der Waals surface area contributed by atoms with Crippen LogP contribution in [0.1, 0.15) is 40.0 Å². The van der Waals surface area contributed by atoms with E-state index in [1.807, 2.05) is 18.2 Å². The summed E-state index contributed by atoms with van der Waals surface area (Å²) < 4.78 is 16.6. The van der Waals surface area contributed by atoms with Crippen LogP contribution in [-0.4, -0.2) is 60.6 Å². The van der Waals surface area contributed by atoms with Crippen LogP contribution in [0.25, 0.3) is 10.9 Å². The molecule has 2 heterocycles. The maximum Gasteiger partial charge on any atom is 0.407 e. The zero-order valence-corrected chi connectivity index (χ0v) is 20.2. The lowest BCUT2D eigenvalue weighted by Crippen LogP contribution is -2.47. The second kappa shape index (κ2) is 9.56. The summed E-state index contributed by atoms with van der Waals surface area (Å²) in [6.45, 7) is 7.17. The summed E-state index contributed by atoms with van der Waals surface area (Å²) in [4.78, 5) is 31.1. The molecular weight excluding hydrogens is 438 g/mol. The highest BCUT2D eigenvalue weighted by Crippen LogP contribution is 2.41. The van der Waals surface area contributed by atoms with Crippen LogP contribution in [-0.2, 0) is 9.53 Å². The molecule has 4 rings (SSSR count). The van der Waals surface area contributed by atoms with Gasteiger partial charge in [0.15, 0.2) is 5.75 Å². The number of carbonyl (C=O) groups is 2. The molecular formula is C25H33N3O6. The number of alkyl carbamates (subject to hydrolysis) is 1. The molecule has 9 nitrogen and oxygen atoms in total. The molecule has 1 aromatic carbocycles. The third-order valence-corrected chi connectivity index (χ3v) is 6.43. The SMILES string of the molecule is COc1ccc2ncc3c(c2c1)N(C[C@H]1CC[C@H](NC(=O)OC(C)(C)C)C[C@H]1C(=O)O)CCO3. The Morgan fingerprint density at radius 2 is 2.09 bits per heavy atom. The zero-order chi connectivity index (χ0) is 24.5. The van der Waals surface area contributed by atoms with Gasteiger partial charge < -0.3 is 29.5 Å². The molecule has 1 amide bonds. The molecule has 0 spiro atoms. The van der Waals surface area contributed by atoms with Gasteiger partial charge in [-0.2, -0.15) is 0 Å². The first-order valence-corrected chi connectivity index (χ1v) is 11.7. The minimum atomic E-state index is -0.838. The predicted molar refractivity (Wildman–Crippen MR) is 128 cm³/mol. The molecule has 2 N–H and O–H groups in total. The number of anilines is 1. The number of ether oxygens (including phenoxy) is 3. The van der Waals surface area contributed by atoms with Gasteiger partial charge in [-0.15, -0.1) is 0 Å². The highest BCUT2D eigenvalue weighted by atomic mass is 16.6. The van der Waals surface area contributed by atoms with Crippen molar-refractivity contribution in [2.24, 2.45) is 11.8 Å². The Bertz CT molecular complexity index is 1060. The summed E-state index contributed by atoms with van der Waals surface area (Å²) in [5.41, 5.74) is 1.15. The van der Waals surface area contributed by atoms with Crippen molar-refractivity contribution in [1.82, 2.24) is 10.3 Å². The highest BCUT2D eigenvalue weighted by molar-refractivity contribution is 5.96. The van der Waals surface area contributed by atoms with Gasteiger partial charge in [0, 0.05) is 18.0 Å².